The van der Waals surface area contributed by atoms with Crippen LogP contribution in [0.3, 0.4) is 0 Å². The summed E-state index contributed by atoms with van der Waals surface area (Å²) in [5.74, 6) is -1.11. The van der Waals surface area contributed by atoms with E-state index in [1.807, 2.05) is 6.07 Å². The van der Waals surface area contributed by atoms with Crippen molar-refractivity contribution in [3.63, 3.8) is 0 Å². The Morgan fingerprint density at radius 3 is 2.67 bits per heavy atom. The van der Waals surface area contributed by atoms with Gasteiger partial charge in [-0.3, -0.25) is 9.59 Å². The van der Waals surface area contributed by atoms with Crippen molar-refractivity contribution < 1.29 is 18.7 Å². The number of ether oxygens (including phenoxy) is 1. The summed E-state index contributed by atoms with van der Waals surface area (Å²) in [6, 6.07) is 9.25. The van der Waals surface area contributed by atoms with Crippen molar-refractivity contribution >= 4 is 11.8 Å². The fourth-order valence-corrected chi connectivity index (χ4v) is 2.99. The van der Waals surface area contributed by atoms with Crippen molar-refractivity contribution in [3.8, 4) is 5.88 Å². The first-order chi connectivity index (χ1) is 13.1. The largest absolute Gasteiger partial charge is 0.474 e. The van der Waals surface area contributed by atoms with E-state index < -0.39 is 11.7 Å². The van der Waals surface area contributed by atoms with Crippen LogP contribution < -0.4 is 15.4 Å². The molecule has 1 fully saturated rings. The Morgan fingerprint density at radius 2 is 1.89 bits per heavy atom. The van der Waals surface area contributed by atoms with Gasteiger partial charge in [-0.15, -0.1) is 0 Å². The first-order valence-electron chi connectivity index (χ1n) is 9.03. The SMILES string of the molecule is O=C(CNC(=O)c1ccccc1F)NCc1cccnc1OC1CCCC1. The lowest BCUT2D eigenvalue weighted by Gasteiger charge is -2.15. The maximum absolute atomic E-state index is 13.6. The number of pyridine rings is 1. The molecule has 1 aromatic carbocycles. The minimum Gasteiger partial charge on any atom is -0.474 e. The molecule has 1 aliphatic carbocycles. The van der Waals surface area contributed by atoms with E-state index in [1.165, 1.54) is 18.2 Å². The molecule has 0 atom stereocenters. The highest BCUT2D eigenvalue weighted by Gasteiger charge is 2.19. The van der Waals surface area contributed by atoms with Gasteiger partial charge in [0.25, 0.3) is 5.91 Å². The van der Waals surface area contributed by atoms with Gasteiger partial charge >= 0.3 is 0 Å². The van der Waals surface area contributed by atoms with Crippen LogP contribution in [-0.4, -0.2) is 29.4 Å². The zero-order valence-electron chi connectivity index (χ0n) is 14.9. The molecule has 0 unspecified atom stereocenters. The molecular weight excluding hydrogens is 349 g/mol. The average molecular weight is 371 g/mol. The van der Waals surface area contributed by atoms with Crippen LogP contribution in [-0.2, 0) is 11.3 Å². The number of carbonyl (C=O) groups excluding carboxylic acids is 2. The van der Waals surface area contributed by atoms with E-state index in [9.17, 15) is 14.0 Å². The molecule has 2 amide bonds. The number of carbonyl (C=O) groups is 2. The number of halogens is 1. The topological polar surface area (TPSA) is 80.3 Å². The molecule has 1 aromatic heterocycles. The van der Waals surface area contributed by atoms with Gasteiger partial charge in [-0.1, -0.05) is 18.2 Å². The highest BCUT2D eigenvalue weighted by Crippen LogP contribution is 2.24. The Labute approximate surface area is 157 Å². The zero-order chi connectivity index (χ0) is 19.1. The van der Waals surface area contributed by atoms with E-state index >= 15 is 0 Å². The van der Waals surface area contributed by atoms with E-state index in [1.54, 1.807) is 18.3 Å². The second kappa shape index (κ2) is 9.12. The summed E-state index contributed by atoms with van der Waals surface area (Å²) in [6.45, 7) is -0.00343. The lowest BCUT2D eigenvalue weighted by atomic mass is 10.2. The number of benzene rings is 1. The number of hydrogen-bond donors (Lipinski definition) is 2. The molecule has 0 spiro atoms. The molecule has 142 valence electrons. The van der Waals surface area contributed by atoms with Crippen molar-refractivity contribution in [2.75, 3.05) is 6.54 Å². The van der Waals surface area contributed by atoms with E-state index in [2.05, 4.69) is 15.6 Å². The maximum Gasteiger partial charge on any atom is 0.254 e. The summed E-state index contributed by atoms with van der Waals surface area (Å²) in [7, 11) is 0. The van der Waals surface area contributed by atoms with Gasteiger partial charge in [-0.2, -0.15) is 0 Å². The molecule has 0 aliphatic heterocycles. The molecule has 1 aliphatic rings. The summed E-state index contributed by atoms with van der Waals surface area (Å²) >= 11 is 0. The van der Waals surface area contributed by atoms with Gasteiger partial charge < -0.3 is 15.4 Å². The van der Waals surface area contributed by atoms with E-state index in [-0.39, 0.29) is 30.7 Å². The molecule has 27 heavy (non-hydrogen) atoms. The van der Waals surface area contributed by atoms with Gasteiger partial charge in [0.05, 0.1) is 12.1 Å². The summed E-state index contributed by atoms with van der Waals surface area (Å²) < 4.78 is 19.5. The number of nitrogens with zero attached hydrogens (tertiary/aromatic N) is 1. The third-order valence-electron chi connectivity index (χ3n) is 4.43. The van der Waals surface area contributed by atoms with Crippen LogP contribution >= 0.6 is 0 Å². The fraction of sp³-hybridized carbons (Fsp3) is 0.350. The second-order valence-corrected chi connectivity index (χ2v) is 6.43. The summed E-state index contributed by atoms with van der Waals surface area (Å²) in [5.41, 5.74) is 0.683. The predicted octanol–water partition coefficient (Wildman–Crippen LogP) is 2.59. The Kier molecular flexibility index (Phi) is 6.35. The highest BCUT2D eigenvalue weighted by molar-refractivity contribution is 5.96. The number of amides is 2. The summed E-state index contributed by atoms with van der Waals surface area (Å²) in [5, 5.41) is 5.13. The lowest BCUT2D eigenvalue weighted by Crippen LogP contribution is -2.37. The minimum atomic E-state index is -0.630. The van der Waals surface area contributed by atoms with Crippen molar-refractivity contribution in [3.05, 3.63) is 59.5 Å². The van der Waals surface area contributed by atoms with Crippen LogP contribution in [0.25, 0.3) is 0 Å². The second-order valence-electron chi connectivity index (χ2n) is 6.43. The van der Waals surface area contributed by atoms with Crippen molar-refractivity contribution in [1.82, 2.24) is 15.6 Å². The van der Waals surface area contributed by atoms with Crippen LogP contribution in [0.15, 0.2) is 42.6 Å². The first kappa shape index (κ1) is 18.8. The molecule has 6 nitrogen and oxygen atoms in total. The van der Waals surface area contributed by atoms with Crippen LogP contribution in [0.1, 0.15) is 41.6 Å². The van der Waals surface area contributed by atoms with Crippen molar-refractivity contribution in [2.24, 2.45) is 0 Å². The van der Waals surface area contributed by atoms with Crippen molar-refractivity contribution in [1.29, 1.82) is 0 Å². The summed E-state index contributed by atoms with van der Waals surface area (Å²) in [4.78, 5) is 28.2. The Balaban J connectivity index is 1.49. The fourth-order valence-electron chi connectivity index (χ4n) is 2.99. The quantitative estimate of drug-likeness (QED) is 0.784. The molecule has 0 saturated heterocycles. The molecular formula is C20H22FN3O3. The van der Waals surface area contributed by atoms with Gasteiger partial charge in [0.15, 0.2) is 0 Å². The number of rotatable bonds is 7. The molecule has 2 aromatic rings. The molecule has 7 heteroatoms. The van der Waals surface area contributed by atoms with Gasteiger partial charge in [0.2, 0.25) is 11.8 Å². The monoisotopic (exact) mass is 371 g/mol. The summed E-state index contributed by atoms with van der Waals surface area (Å²) in [6.07, 6.45) is 6.18. The molecule has 1 heterocycles. The van der Waals surface area contributed by atoms with Crippen LogP contribution in [0, 0.1) is 5.82 Å². The first-order valence-corrected chi connectivity index (χ1v) is 9.03. The van der Waals surface area contributed by atoms with Gasteiger partial charge in [0.1, 0.15) is 11.9 Å². The van der Waals surface area contributed by atoms with E-state index in [0.717, 1.165) is 31.2 Å². The number of hydrogen-bond acceptors (Lipinski definition) is 4. The molecule has 0 bridgehead atoms. The van der Waals surface area contributed by atoms with Crippen LogP contribution in [0.5, 0.6) is 5.88 Å². The third-order valence-corrected chi connectivity index (χ3v) is 4.43. The molecule has 2 N–H and O–H groups in total. The highest BCUT2D eigenvalue weighted by atomic mass is 19.1. The average Bonchev–Trinajstić information content (AvgIpc) is 3.19. The van der Waals surface area contributed by atoms with Crippen LogP contribution in [0.4, 0.5) is 4.39 Å². The smallest absolute Gasteiger partial charge is 0.254 e. The standard InChI is InChI=1S/C20H22FN3O3/c21-17-10-4-3-9-16(17)19(26)24-13-18(25)23-12-14-6-5-11-22-20(14)27-15-7-1-2-8-15/h3-6,9-11,15H,1-2,7-8,12-13H2,(H,23,25)(H,24,26). The van der Waals surface area contributed by atoms with Crippen molar-refractivity contribution in [2.45, 2.75) is 38.3 Å². The van der Waals surface area contributed by atoms with E-state index in [4.69, 9.17) is 4.74 Å². The normalized spacial score (nSPS) is 14.0. The Morgan fingerprint density at radius 1 is 1.11 bits per heavy atom. The zero-order valence-corrected chi connectivity index (χ0v) is 14.9. The van der Waals surface area contributed by atoms with Gasteiger partial charge in [0, 0.05) is 18.3 Å². The Hall–Kier alpha value is -2.96. The molecule has 3 rings (SSSR count). The lowest BCUT2D eigenvalue weighted by molar-refractivity contribution is -0.120. The Bertz CT molecular complexity index is 807. The minimum absolute atomic E-state index is 0.0928. The van der Waals surface area contributed by atoms with Crippen LogP contribution in [0.2, 0.25) is 0 Å². The van der Waals surface area contributed by atoms with Gasteiger partial charge in [-0.25, -0.2) is 9.37 Å². The number of nitrogens with one attached hydrogen (secondary N) is 2. The maximum atomic E-state index is 13.6. The molecule has 0 radical (unpaired) electrons. The molecule has 1 saturated carbocycles. The van der Waals surface area contributed by atoms with Gasteiger partial charge in [-0.05, 0) is 43.9 Å². The number of aromatic nitrogens is 1. The van der Waals surface area contributed by atoms with E-state index in [0.29, 0.717) is 5.88 Å². The predicted molar refractivity (Wildman–Crippen MR) is 97.7 cm³/mol. The third kappa shape index (κ3) is 5.26.